The standard InChI is InChI=1S/C17H24N2O2/c1-4-17(2,3)19-15(20)10-9-13-11-12-7-5-6-8-14(12)18-16(13)21/h5-8,13H,4,9-11H2,1-3H3,(H,18,21)(H,19,20). The van der Waals surface area contributed by atoms with E-state index in [0.717, 1.165) is 17.7 Å². The summed E-state index contributed by atoms with van der Waals surface area (Å²) in [5, 5.41) is 5.93. The molecule has 21 heavy (non-hydrogen) atoms. The van der Waals surface area contributed by atoms with Crippen molar-refractivity contribution < 1.29 is 9.59 Å². The largest absolute Gasteiger partial charge is 0.351 e. The van der Waals surface area contributed by atoms with E-state index < -0.39 is 0 Å². The van der Waals surface area contributed by atoms with Crippen LogP contribution in [0.25, 0.3) is 0 Å². The number of amides is 2. The van der Waals surface area contributed by atoms with Crippen molar-refractivity contribution in [2.75, 3.05) is 5.32 Å². The van der Waals surface area contributed by atoms with E-state index in [1.54, 1.807) is 0 Å². The van der Waals surface area contributed by atoms with Gasteiger partial charge >= 0.3 is 0 Å². The molecular formula is C17H24N2O2. The molecule has 1 unspecified atom stereocenters. The van der Waals surface area contributed by atoms with Crippen LogP contribution in [-0.2, 0) is 16.0 Å². The Morgan fingerprint density at radius 2 is 2.10 bits per heavy atom. The summed E-state index contributed by atoms with van der Waals surface area (Å²) in [6.45, 7) is 6.06. The second kappa shape index (κ2) is 6.29. The lowest BCUT2D eigenvalue weighted by molar-refractivity contribution is -0.124. The van der Waals surface area contributed by atoms with E-state index in [2.05, 4.69) is 10.6 Å². The second-order valence-electron chi connectivity index (χ2n) is 6.37. The van der Waals surface area contributed by atoms with E-state index in [4.69, 9.17) is 0 Å². The maximum Gasteiger partial charge on any atom is 0.227 e. The molecule has 4 nitrogen and oxygen atoms in total. The summed E-state index contributed by atoms with van der Waals surface area (Å²) >= 11 is 0. The zero-order valence-electron chi connectivity index (χ0n) is 13.0. The van der Waals surface area contributed by atoms with Gasteiger partial charge in [0.25, 0.3) is 0 Å². The van der Waals surface area contributed by atoms with Crippen LogP contribution >= 0.6 is 0 Å². The fourth-order valence-corrected chi connectivity index (χ4v) is 2.48. The lowest BCUT2D eigenvalue weighted by atomic mass is 9.89. The molecule has 2 rings (SSSR count). The predicted molar refractivity (Wildman–Crippen MR) is 84.0 cm³/mol. The Morgan fingerprint density at radius 3 is 2.81 bits per heavy atom. The molecule has 0 saturated heterocycles. The van der Waals surface area contributed by atoms with Gasteiger partial charge < -0.3 is 10.6 Å². The summed E-state index contributed by atoms with van der Waals surface area (Å²) in [6.07, 6.45) is 2.58. The highest BCUT2D eigenvalue weighted by Gasteiger charge is 2.27. The molecule has 0 aromatic heterocycles. The van der Waals surface area contributed by atoms with Crippen molar-refractivity contribution in [2.45, 2.75) is 52.0 Å². The fourth-order valence-electron chi connectivity index (χ4n) is 2.48. The average molecular weight is 288 g/mol. The Balaban J connectivity index is 1.90. The maximum absolute atomic E-state index is 12.1. The monoisotopic (exact) mass is 288 g/mol. The molecule has 1 aliphatic rings. The van der Waals surface area contributed by atoms with Gasteiger partial charge in [0.1, 0.15) is 0 Å². The molecule has 1 atom stereocenters. The normalized spacial score (nSPS) is 17.9. The molecule has 1 aromatic rings. The van der Waals surface area contributed by atoms with Crippen LogP contribution in [0, 0.1) is 5.92 Å². The molecule has 2 N–H and O–H groups in total. The Kier molecular flexibility index (Phi) is 4.66. The Morgan fingerprint density at radius 1 is 1.38 bits per heavy atom. The number of rotatable bonds is 5. The summed E-state index contributed by atoms with van der Waals surface area (Å²) in [4.78, 5) is 24.0. The SMILES string of the molecule is CCC(C)(C)NC(=O)CCC1Cc2ccccc2NC1=O. The molecule has 1 aliphatic heterocycles. The topological polar surface area (TPSA) is 58.2 Å². The number of hydrogen-bond donors (Lipinski definition) is 2. The Bertz CT molecular complexity index is 537. The van der Waals surface area contributed by atoms with Gasteiger partial charge in [-0.15, -0.1) is 0 Å². The van der Waals surface area contributed by atoms with E-state index in [-0.39, 0.29) is 23.3 Å². The first kappa shape index (κ1) is 15.5. The molecule has 0 bridgehead atoms. The maximum atomic E-state index is 12.1. The number of fused-ring (bicyclic) bond motifs is 1. The van der Waals surface area contributed by atoms with Crippen LogP contribution < -0.4 is 10.6 Å². The summed E-state index contributed by atoms with van der Waals surface area (Å²) in [5.41, 5.74) is 1.87. The number of carbonyl (C=O) groups excluding carboxylic acids is 2. The number of carbonyl (C=O) groups is 2. The zero-order chi connectivity index (χ0) is 15.5. The van der Waals surface area contributed by atoms with Crippen LogP contribution in [0.15, 0.2) is 24.3 Å². The first-order valence-electron chi connectivity index (χ1n) is 7.61. The third-order valence-electron chi connectivity index (χ3n) is 4.19. The molecule has 4 heteroatoms. The van der Waals surface area contributed by atoms with Crippen molar-refractivity contribution in [1.82, 2.24) is 5.32 Å². The highest BCUT2D eigenvalue weighted by atomic mass is 16.2. The van der Waals surface area contributed by atoms with E-state index >= 15 is 0 Å². The first-order valence-corrected chi connectivity index (χ1v) is 7.61. The molecule has 0 radical (unpaired) electrons. The van der Waals surface area contributed by atoms with Gasteiger partial charge in [-0.3, -0.25) is 9.59 Å². The minimum atomic E-state index is -0.182. The second-order valence-corrected chi connectivity index (χ2v) is 6.37. The zero-order valence-corrected chi connectivity index (χ0v) is 13.0. The molecule has 0 aliphatic carbocycles. The van der Waals surface area contributed by atoms with Gasteiger partial charge in [0.05, 0.1) is 0 Å². The van der Waals surface area contributed by atoms with Crippen molar-refractivity contribution in [3.63, 3.8) is 0 Å². The molecule has 114 valence electrons. The smallest absolute Gasteiger partial charge is 0.227 e. The van der Waals surface area contributed by atoms with Crippen LogP contribution in [-0.4, -0.2) is 17.4 Å². The van der Waals surface area contributed by atoms with Crippen molar-refractivity contribution in [2.24, 2.45) is 5.92 Å². The van der Waals surface area contributed by atoms with Crippen LogP contribution in [0.1, 0.15) is 45.6 Å². The summed E-state index contributed by atoms with van der Waals surface area (Å²) in [5.74, 6) is -0.0693. The number of para-hydroxylation sites is 1. The van der Waals surface area contributed by atoms with Crippen LogP contribution in [0.5, 0.6) is 0 Å². The van der Waals surface area contributed by atoms with Gasteiger partial charge in [0, 0.05) is 23.6 Å². The number of hydrogen-bond acceptors (Lipinski definition) is 2. The van der Waals surface area contributed by atoms with E-state index in [1.807, 2.05) is 45.0 Å². The molecule has 0 saturated carbocycles. The molecular weight excluding hydrogens is 264 g/mol. The van der Waals surface area contributed by atoms with Crippen LogP contribution in [0.2, 0.25) is 0 Å². The molecule has 0 spiro atoms. The van der Waals surface area contributed by atoms with Gasteiger partial charge in [-0.05, 0) is 44.7 Å². The summed E-state index contributed by atoms with van der Waals surface area (Å²) in [7, 11) is 0. The molecule has 1 heterocycles. The van der Waals surface area contributed by atoms with Crippen molar-refractivity contribution in [1.29, 1.82) is 0 Å². The average Bonchev–Trinajstić information content (AvgIpc) is 2.44. The van der Waals surface area contributed by atoms with Gasteiger partial charge in [0.15, 0.2) is 0 Å². The third-order valence-corrected chi connectivity index (χ3v) is 4.19. The van der Waals surface area contributed by atoms with E-state index in [9.17, 15) is 9.59 Å². The highest BCUT2D eigenvalue weighted by molar-refractivity contribution is 5.96. The van der Waals surface area contributed by atoms with Gasteiger partial charge in [-0.2, -0.15) is 0 Å². The highest BCUT2D eigenvalue weighted by Crippen LogP contribution is 2.27. The number of anilines is 1. The lowest BCUT2D eigenvalue weighted by Crippen LogP contribution is -2.43. The van der Waals surface area contributed by atoms with Gasteiger partial charge in [-0.25, -0.2) is 0 Å². The van der Waals surface area contributed by atoms with Crippen LogP contribution in [0.4, 0.5) is 5.69 Å². The minimum Gasteiger partial charge on any atom is -0.351 e. The fraction of sp³-hybridized carbons (Fsp3) is 0.529. The van der Waals surface area contributed by atoms with Gasteiger partial charge in [-0.1, -0.05) is 25.1 Å². The van der Waals surface area contributed by atoms with E-state index in [0.29, 0.717) is 19.3 Å². The number of nitrogens with one attached hydrogen (secondary N) is 2. The predicted octanol–water partition coefficient (Wildman–Crippen LogP) is 2.88. The summed E-state index contributed by atoms with van der Waals surface area (Å²) < 4.78 is 0. The van der Waals surface area contributed by atoms with Crippen molar-refractivity contribution in [3.05, 3.63) is 29.8 Å². The van der Waals surface area contributed by atoms with Crippen molar-refractivity contribution >= 4 is 17.5 Å². The third kappa shape index (κ3) is 4.06. The minimum absolute atomic E-state index is 0.0218. The Hall–Kier alpha value is -1.84. The van der Waals surface area contributed by atoms with Gasteiger partial charge in [0.2, 0.25) is 11.8 Å². The summed E-state index contributed by atoms with van der Waals surface area (Å²) in [6, 6.07) is 7.84. The van der Waals surface area contributed by atoms with Crippen molar-refractivity contribution in [3.8, 4) is 0 Å². The molecule has 2 amide bonds. The molecule has 1 aromatic carbocycles. The first-order chi connectivity index (χ1) is 9.91. The number of benzene rings is 1. The Labute approximate surface area is 126 Å². The lowest BCUT2D eigenvalue weighted by Gasteiger charge is -2.26. The quantitative estimate of drug-likeness (QED) is 0.875. The molecule has 0 fully saturated rings. The van der Waals surface area contributed by atoms with Crippen LogP contribution in [0.3, 0.4) is 0 Å². The van der Waals surface area contributed by atoms with E-state index in [1.165, 1.54) is 0 Å².